The standard InChI is InChI=1S/C14H22N2/c1-11-5-6-14(8-12(11)2)16-10-13-4-3-7-15-9-13/h3-4,7,9,11-12,14,16H,5-6,8,10H2,1-2H3. The molecular formula is C14H22N2. The monoisotopic (exact) mass is 218 g/mol. The average molecular weight is 218 g/mol. The highest BCUT2D eigenvalue weighted by Crippen LogP contribution is 2.29. The fourth-order valence-electron chi connectivity index (χ4n) is 2.50. The van der Waals surface area contributed by atoms with E-state index in [1.807, 2.05) is 18.5 Å². The summed E-state index contributed by atoms with van der Waals surface area (Å²) in [6.45, 7) is 5.71. The predicted molar refractivity (Wildman–Crippen MR) is 67.0 cm³/mol. The lowest BCUT2D eigenvalue weighted by atomic mass is 9.79. The zero-order valence-electron chi connectivity index (χ0n) is 10.3. The Balaban J connectivity index is 1.79. The Labute approximate surface area is 98.5 Å². The first kappa shape index (κ1) is 11.6. The van der Waals surface area contributed by atoms with E-state index in [2.05, 4.69) is 30.2 Å². The third kappa shape index (κ3) is 3.05. The summed E-state index contributed by atoms with van der Waals surface area (Å²) in [5, 5.41) is 3.65. The molecule has 0 aliphatic heterocycles. The highest BCUT2D eigenvalue weighted by Gasteiger charge is 2.23. The van der Waals surface area contributed by atoms with Gasteiger partial charge in [-0.2, -0.15) is 0 Å². The summed E-state index contributed by atoms with van der Waals surface area (Å²) in [4.78, 5) is 4.14. The molecule has 3 atom stereocenters. The maximum atomic E-state index is 4.14. The molecule has 0 spiro atoms. The lowest BCUT2D eigenvalue weighted by Crippen LogP contribution is -2.35. The van der Waals surface area contributed by atoms with Gasteiger partial charge in [-0.1, -0.05) is 19.9 Å². The van der Waals surface area contributed by atoms with Gasteiger partial charge in [-0.25, -0.2) is 0 Å². The fraction of sp³-hybridized carbons (Fsp3) is 0.643. The van der Waals surface area contributed by atoms with Crippen LogP contribution in [-0.2, 0) is 6.54 Å². The summed E-state index contributed by atoms with van der Waals surface area (Å²) in [5.41, 5.74) is 1.29. The largest absolute Gasteiger partial charge is 0.310 e. The number of nitrogens with zero attached hydrogens (tertiary/aromatic N) is 1. The quantitative estimate of drug-likeness (QED) is 0.843. The lowest BCUT2D eigenvalue weighted by molar-refractivity contribution is 0.225. The van der Waals surface area contributed by atoms with E-state index >= 15 is 0 Å². The van der Waals surface area contributed by atoms with E-state index in [1.54, 1.807) is 0 Å². The number of rotatable bonds is 3. The molecule has 0 amide bonds. The van der Waals surface area contributed by atoms with Gasteiger partial charge >= 0.3 is 0 Å². The zero-order valence-corrected chi connectivity index (χ0v) is 10.3. The number of nitrogens with one attached hydrogen (secondary N) is 1. The molecule has 1 N–H and O–H groups in total. The van der Waals surface area contributed by atoms with Gasteiger partial charge in [0.25, 0.3) is 0 Å². The van der Waals surface area contributed by atoms with E-state index in [9.17, 15) is 0 Å². The lowest BCUT2D eigenvalue weighted by Gasteiger charge is -2.32. The molecule has 16 heavy (non-hydrogen) atoms. The summed E-state index contributed by atoms with van der Waals surface area (Å²) in [5.74, 6) is 1.76. The maximum Gasteiger partial charge on any atom is 0.0312 e. The Morgan fingerprint density at radius 2 is 2.19 bits per heavy atom. The van der Waals surface area contributed by atoms with Crippen molar-refractivity contribution in [2.75, 3.05) is 0 Å². The van der Waals surface area contributed by atoms with Crippen LogP contribution in [0.1, 0.15) is 38.7 Å². The number of hydrogen-bond acceptors (Lipinski definition) is 2. The van der Waals surface area contributed by atoms with Crippen molar-refractivity contribution in [1.29, 1.82) is 0 Å². The molecule has 88 valence electrons. The molecule has 3 unspecified atom stereocenters. The molecule has 1 saturated carbocycles. The summed E-state index contributed by atoms with van der Waals surface area (Å²) in [7, 11) is 0. The highest BCUT2D eigenvalue weighted by atomic mass is 14.9. The van der Waals surface area contributed by atoms with Crippen molar-refractivity contribution in [3.05, 3.63) is 30.1 Å². The van der Waals surface area contributed by atoms with Gasteiger partial charge in [0.05, 0.1) is 0 Å². The molecule has 0 bridgehead atoms. The molecule has 0 aromatic carbocycles. The second-order valence-corrected chi connectivity index (χ2v) is 5.21. The van der Waals surface area contributed by atoms with Crippen molar-refractivity contribution in [2.24, 2.45) is 11.8 Å². The first-order chi connectivity index (χ1) is 7.75. The third-order valence-corrected chi connectivity index (χ3v) is 3.92. The van der Waals surface area contributed by atoms with Crippen LogP contribution in [0.5, 0.6) is 0 Å². The van der Waals surface area contributed by atoms with Gasteiger partial charge in [-0.15, -0.1) is 0 Å². The summed E-state index contributed by atoms with van der Waals surface area (Å²) in [6.07, 6.45) is 7.79. The van der Waals surface area contributed by atoms with Crippen LogP contribution in [0, 0.1) is 11.8 Å². The number of hydrogen-bond donors (Lipinski definition) is 1. The van der Waals surface area contributed by atoms with Gasteiger partial charge in [0, 0.05) is 25.0 Å². The molecule has 2 nitrogen and oxygen atoms in total. The Hall–Kier alpha value is -0.890. The maximum absolute atomic E-state index is 4.14. The Bertz CT molecular complexity index is 310. The minimum atomic E-state index is 0.700. The topological polar surface area (TPSA) is 24.9 Å². The molecule has 1 heterocycles. The van der Waals surface area contributed by atoms with Gasteiger partial charge in [0.15, 0.2) is 0 Å². The minimum absolute atomic E-state index is 0.700. The van der Waals surface area contributed by atoms with E-state index < -0.39 is 0 Å². The van der Waals surface area contributed by atoms with Gasteiger partial charge in [0.2, 0.25) is 0 Å². The van der Waals surface area contributed by atoms with E-state index in [0.717, 1.165) is 18.4 Å². The molecule has 2 rings (SSSR count). The Kier molecular flexibility index (Phi) is 3.94. The number of pyridine rings is 1. The second-order valence-electron chi connectivity index (χ2n) is 5.21. The van der Waals surface area contributed by atoms with Crippen LogP contribution in [0.2, 0.25) is 0 Å². The smallest absolute Gasteiger partial charge is 0.0312 e. The average Bonchev–Trinajstić information content (AvgIpc) is 2.32. The molecule has 0 radical (unpaired) electrons. The molecule has 1 aromatic heterocycles. The summed E-state index contributed by atoms with van der Waals surface area (Å²) < 4.78 is 0. The van der Waals surface area contributed by atoms with Gasteiger partial charge in [-0.05, 0) is 42.7 Å². The van der Waals surface area contributed by atoms with Crippen LogP contribution in [0.25, 0.3) is 0 Å². The van der Waals surface area contributed by atoms with Crippen LogP contribution in [0.4, 0.5) is 0 Å². The van der Waals surface area contributed by atoms with Crippen molar-refractivity contribution in [1.82, 2.24) is 10.3 Å². The Morgan fingerprint density at radius 1 is 1.31 bits per heavy atom. The van der Waals surface area contributed by atoms with Crippen molar-refractivity contribution >= 4 is 0 Å². The van der Waals surface area contributed by atoms with Crippen LogP contribution in [-0.4, -0.2) is 11.0 Å². The highest BCUT2D eigenvalue weighted by molar-refractivity contribution is 5.08. The first-order valence-electron chi connectivity index (χ1n) is 6.38. The van der Waals surface area contributed by atoms with Crippen LogP contribution >= 0.6 is 0 Å². The normalized spacial score (nSPS) is 30.2. The summed E-state index contributed by atoms with van der Waals surface area (Å²) >= 11 is 0. The molecule has 1 aromatic rings. The van der Waals surface area contributed by atoms with Gasteiger partial charge in [0.1, 0.15) is 0 Å². The molecule has 1 aliphatic rings. The van der Waals surface area contributed by atoms with E-state index in [1.165, 1.54) is 24.8 Å². The SMILES string of the molecule is CC1CCC(NCc2cccnc2)CC1C. The summed E-state index contributed by atoms with van der Waals surface area (Å²) in [6, 6.07) is 4.84. The molecule has 2 heteroatoms. The van der Waals surface area contributed by atoms with Crippen LogP contribution < -0.4 is 5.32 Å². The molecule has 1 fully saturated rings. The first-order valence-corrected chi connectivity index (χ1v) is 6.38. The molecule has 0 saturated heterocycles. The van der Waals surface area contributed by atoms with Crippen molar-refractivity contribution < 1.29 is 0 Å². The number of aromatic nitrogens is 1. The third-order valence-electron chi connectivity index (χ3n) is 3.92. The van der Waals surface area contributed by atoms with Crippen molar-refractivity contribution in [3.8, 4) is 0 Å². The van der Waals surface area contributed by atoms with Gasteiger partial charge in [-0.3, -0.25) is 4.98 Å². The van der Waals surface area contributed by atoms with E-state index in [0.29, 0.717) is 6.04 Å². The van der Waals surface area contributed by atoms with Crippen molar-refractivity contribution in [3.63, 3.8) is 0 Å². The van der Waals surface area contributed by atoms with E-state index in [-0.39, 0.29) is 0 Å². The van der Waals surface area contributed by atoms with Crippen molar-refractivity contribution in [2.45, 2.75) is 45.7 Å². The fourth-order valence-corrected chi connectivity index (χ4v) is 2.50. The van der Waals surface area contributed by atoms with E-state index in [4.69, 9.17) is 0 Å². The zero-order chi connectivity index (χ0) is 11.4. The van der Waals surface area contributed by atoms with Crippen LogP contribution in [0.3, 0.4) is 0 Å². The molecular weight excluding hydrogens is 196 g/mol. The minimum Gasteiger partial charge on any atom is -0.310 e. The molecule has 1 aliphatic carbocycles. The predicted octanol–water partition coefficient (Wildman–Crippen LogP) is 3.00. The van der Waals surface area contributed by atoms with Gasteiger partial charge < -0.3 is 5.32 Å². The van der Waals surface area contributed by atoms with Crippen LogP contribution in [0.15, 0.2) is 24.5 Å². The second kappa shape index (κ2) is 5.44. The Morgan fingerprint density at radius 3 is 2.88 bits per heavy atom.